The van der Waals surface area contributed by atoms with E-state index >= 15 is 0 Å². The molecule has 20 heavy (non-hydrogen) atoms. The predicted molar refractivity (Wildman–Crippen MR) is 97.9 cm³/mol. The van der Waals surface area contributed by atoms with E-state index in [2.05, 4.69) is 81.4 Å². The average molecular weight is 303 g/mol. The van der Waals surface area contributed by atoms with Gasteiger partial charge in [-0.1, -0.05) is 69.6 Å². The van der Waals surface area contributed by atoms with E-state index in [1.165, 1.54) is 11.6 Å². The minimum Gasteiger partial charge on any atom is -0.131 e. The molecule has 0 fully saturated rings. The molecule has 0 aliphatic rings. The lowest BCUT2D eigenvalue weighted by atomic mass is 10.1. The van der Waals surface area contributed by atoms with Crippen molar-refractivity contribution >= 4 is 16.1 Å². The highest BCUT2D eigenvalue weighted by Crippen LogP contribution is 2.24. The van der Waals surface area contributed by atoms with Gasteiger partial charge in [0.05, 0.1) is 8.07 Å². The second-order valence-electron chi connectivity index (χ2n) is 7.84. The summed E-state index contributed by atoms with van der Waals surface area (Å²) < 4.78 is 0. The average Bonchev–Trinajstić information content (AvgIpc) is 2.32. The summed E-state index contributed by atoms with van der Waals surface area (Å²) in [6.45, 7) is 14.7. The van der Waals surface area contributed by atoms with Crippen molar-refractivity contribution in [2.75, 3.05) is 0 Å². The van der Waals surface area contributed by atoms with Gasteiger partial charge in [-0.3, -0.25) is 0 Å². The fraction of sp³-hybridized carbons (Fsp3) is 0.500. The van der Waals surface area contributed by atoms with Crippen molar-refractivity contribution in [2.45, 2.75) is 58.2 Å². The van der Waals surface area contributed by atoms with Crippen molar-refractivity contribution in [3.8, 4) is 0 Å². The Kier molecular flexibility index (Phi) is 6.25. The molecule has 0 saturated carbocycles. The number of rotatable bonds is 6. The van der Waals surface area contributed by atoms with Crippen LogP contribution < -0.4 is 0 Å². The van der Waals surface area contributed by atoms with Crippen LogP contribution in [0.4, 0.5) is 0 Å². The number of hydrogen-bond acceptors (Lipinski definition) is 0. The van der Waals surface area contributed by atoms with E-state index in [4.69, 9.17) is 0 Å². The normalized spacial score (nSPS) is 11.9. The van der Waals surface area contributed by atoms with Gasteiger partial charge in [-0.25, -0.2) is 0 Å². The van der Waals surface area contributed by atoms with Gasteiger partial charge < -0.3 is 0 Å². The van der Waals surface area contributed by atoms with Crippen molar-refractivity contribution < 1.29 is 0 Å². The molecule has 110 valence electrons. The molecule has 0 heterocycles. The molecule has 0 radical (unpaired) electrons. The van der Waals surface area contributed by atoms with Gasteiger partial charge in [0, 0.05) is 8.07 Å². The Labute approximate surface area is 127 Å². The Morgan fingerprint density at radius 3 is 2.10 bits per heavy atom. The van der Waals surface area contributed by atoms with Crippen LogP contribution in [0.1, 0.15) is 12.0 Å². The fourth-order valence-corrected chi connectivity index (χ4v) is 7.55. The summed E-state index contributed by atoms with van der Waals surface area (Å²) in [6.07, 6.45) is 4.50. The second-order valence-corrected chi connectivity index (χ2v) is 18.4. The van der Waals surface area contributed by atoms with E-state index in [1.54, 1.807) is 5.20 Å². The molecule has 0 atom stereocenters. The lowest BCUT2D eigenvalue weighted by molar-refractivity contribution is 1.00. The molecular formula is C18H30Si2. The van der Waals surface area contributed by atoms with Crippen LogP contribution in [0.15, 0.2) is 47.3 Å². The lowest BCUT2D eigenvalue weighted by Gasteiger charge is -2.25. The van der Waals surface area contributed by atoms with Gasteiger partial charge in [0.25, 0.3) is 0 Å². The molecule has 1 aromatic carbocycles. The van der Waals surface area contributed by atoms with Crippen molar-refractivity contribution in [3.05, 3.63) is 52.9 Å². The van der Waals surface area contributed by atoms with Crippen LogP contribution in [0.25, 0.3) is 0 Å². The molecule has 0 bridgehead atoms. The molecule has 0 aromatic heterocycles. The zero-order valence-electron chi connectivity index (χ0n) is 14.1. The van der Waals surface area contributed by atoms with Crippen LogP contribution in [-0.2, 0) is 6.42 Å². The molecule has 0 unspecified atom stereocenters. The maximum Gasteiger partial charge on any atom is 0.0819 e. The maximum absolute atomic E-state index is 3.67. The van der Waals surface area contributed by atoms with Crippen LogP contribution in [0.2, 0.25) is 45.3 Å². The smallest absolute Gasteiger partial charge is 0.0819 e. The van der Waals surface area contributed by atoms with Crippen LogP contribution in [0.3, 0.4) is 0 Å². The summed E-state index contributed by atoms with van der Waals surface area (Å²) in [5, 5.41) is 1.63. The molecule has 0 aliphatic heterocycles. The number of allylic oxidation sites excluding steroid dienone is 1. The van der Waals surface area contributed by atoms with E-state index in [9.17, 15) is 0 Å². The van der Waals surface area contributed by atoms with Crippen molar-refractivity contribution in [1.29, 1.82) is 0 Å². The van der Waals surface area contributed by atoms with Crippen molar-refractivity contribution in [3.63, 3.8) is 0 Å². The summed E-state index contributed by atoms with van der Waals surface area (Å²) in [6, 6.07) is 12.0. The van der Waals surface area contributed by atoms with E-state index in [1.807, 2.05) is 0 Å². The molecule has 0 saturated heterocycles. The van der Waals surface area contributed by atoms with Crippen molar-refractivity contribution in [1.82, 2.24) is 0 Å². The Morgan fingerprint density at radius 1 is 1.00 bits per heavy atom. The summed E-state index contributed by atoms with van der Waals surface area (Å²) >= 11 is 0. The maximum atomic E-state index is 3.67. The minimum atomic E-state index is -1.22. The molecule has 0 aliphatic carbocycles. The van der Waals surface area contributed by atoms with Crippen LogP contribution >= 0.6 is 0 Å². The molecule has 0 nitrogen and oxygen atoms in total. The third-order valence-electron chi connectivity index (χ3n) is 3.31. The van der Waals surface area contributed by atoms with E-state index in [0.29, 0.717) is 0 Å². The number of benzene rings is 1. The molecule has 0 amide bonds. The summed E-state index contributed by atoms with van der Waals surface area (Å²) in [7, 11) is -2.26. The second kappa shape index (κ2) is 7.26. The van der Waals surface area contributed by atoms with Gasteiger partial charge in [0.1, 0.15) is 0 Å². The van der Waals surface area contributed by atoms with Crippen LogP contribution in [0, 0.1) is 0 Å². The topological polar surface area (TPSA) is 0 Å². The zero-order valence-corrected chi connectivity index (χ0v) is 16.1. The van der Waals surface area contributed by atoms with Crippen molar-refractivity contribution in [2.24, 2.45) is 0 Å². The van der Waals surface area contributed by atoms with Gasteiger partial charge in [-0.15, -0.1) is 5.73 Å². The Balaban J connectivity index is 2.73. The van der Waals surface area contributed by atoms with Gasteiger partial charge >= 0.3 is 0 Å². The predicted octanol–water partition coefficient (Wildman–Crippen LogP) is 5.92. The Hall–Kier alpha value is -0.826. The fourth-order valence-electron chi connectivity index (χ4n) is 2.14. The van der Waals surface area contributed by atoms with E-state index in [-0.39, 0.29) is 0 Å². The Morgan fingerprint density at radius 2 is 1.60 bits per heavy atom. The quantitative estimate of drug-likeness (QED) is 0.452. The van der Waals surface area contributed by atoms with E-state index < -0.39 is 16.1 Å². The highest BCUT2D eigenvalue weighted by molar-refractivity contribution is 6.87. The molecule has 2 heteroatoms. The van der Waals surface area contributed by atoms with Gasteiger partial charge in [-0.2, -0.15) is 0 Å². The first kappa shape index (κ1) is 17.2. The summed E-state index contributed by atoms with van der Waals surface area (Å²) in [4.78, 5) is 0. The first-order valence-corrected chi connectivity index (χ1v) is 14.9. The molecule has 0 spiro atoms. The van der Waals surface area contributed by atoms with Crippen LogP contribution in [0.5, 0.6) is 0 Å². The van der Waals surface area contributed by atoms with E-state index in [0.717, 1.165) is 12.8 Å². The van der Waals surface area contributed by atoms with Gasteiger partial charge in [0.15, 0.2) is 0 Å². The van der Waals surface area contributed by atoms with Gasteiger partial charge in [0.2, 0.25) is 0 Å². The first-order chi connectivity index (χ1) is 9.18. The Bertz CT molecular complexity index is 466. The highest BCUT2D eigenvalue weighted by Gasteiger charge is 2.25. The van der Waals surface area contributed by atoms with Crippen LogP contribution in [-0.4, -0.2) is 16.1 Å². The standard InChI is InChI=1S/C18H30Si2/c1-19(2,3)16-18(20(4,5)6)15-11-10-14-17-12-8-7-9-13-17/h7-9,11-13H,10,14,16H2,1-6H3. The molecular weight excluding hydrogens is 272 g/mol. The molecule has 0 N–H and O–H groups in total. The van der Waals surface area contributed by atoms with Gasteiger partial charge in [-0.05, 0) is 35.7 Å². The third-order valence-corrected chi connectivity index (χ3v) is 7.21. The summed E-state index contributed by atoms with van der Waals surface area (Å²) in [5.74, 6) is 0. The highest BCUT2D eigenvalue weighted by atomic mass is 28.3. The largest absolute Gasteiger partial charge is 0.131 e. The number of hydrogen-bond donors (Lipinski definition) is 0. The molecule has 1 rings (SSSR count). The minimum absolute atomic E-state index is 1.04. The lowest BCUT2D eigenvalue weighted by Crippen LogP contribution is -2.30. The number of aryl methyl sites for hydroxylation is 1. The SMILES string of the molecule is C[Si](C)(C)CC(=C=CCCc1ccccc1)[Si](C)(C)C. The first-order valence-electron chi connectivity index (χ1n) is 7.67. The molecule has 1 aromatic rings. The summed E-state index contributed by atoms with van der Waals surface area (Å²) in [5.41, 5.74) is 5.10. The third kappa shape index (κ3) is 7.09. The monoisotopic (exact) mass is 302 g/mol. The zero-order chi connectivity index (χ0) is 15.2.